The normalized spacial score (nSPS) is 26.9. The van der Waals surface area contributed by atoms with Crippen molar-refractivity contribution in [2.24, 2.45) is 0 Å². The predicted molar refractivity (Wildman–Crippen MR) is 89.8 cm³/mol. The first-order valence-corrected chi connectivity index (χ1v) is 9.08. The second-order valence-electron chi connectivity index (χ2n) is 7.23. The molecule has 0 aromatic carbocycles. The standard InChI is InChI=1S/C18H21N5O2/c1-11-5-4-9-19-14(11)16-22-10-3-2-6-13(22)17(24)23(16)18-21-20-15(25-18)12-7-8-12/h4-5,9,12-13,16H,2-3,6-8,10H2,1H3/t13-,16?/m1/s1. The van der Waals surface area contributed by atoms with Crippen LogP contribution < -0.4 is 4.90 Å². The van der Waals surface area contributed by atoms with Crippen LogP contribution in [0.2, 0.25) is 0 Å². The number of carbonyl (C=O) groups is 1. The van der Waals surface area contributed by atoms with E-state index in [-0.39, 0.29) is 18.1 Å². The Morgan fingerprint density at radius 3 is 2.88 bits per heavy atom. The van der Waals surface area contributed by atoms with Crippen LogP contribution in [0.15, 0.2) is 22.7 Å². The van der Waals surface area contributed by atoms with Crippen molar-refractivity contribution >= 4 is 11.9 Å². The van der Waals surface area contributed by atoms with Gasteiger partial charge >= 0.3 is 6.01 Å². The Labute approximate surface area is 146 Å². The number of aryl methyl sites for hydroxylation is 1. The van der Waals surface area contributed by atoms with E-state index in [2.05, 4.69) is 20.1 Å². The molecular formula is C18H21N5O2. The van der Waals surface area contributed by atoms with Crippen molar-refractivity contribution < 1.29 is 9.21 Å². The molecule has 2 saturated heterocycles. The second-order valence-corrected chi connectivity index (χ2v) is 7.23. The Morgan fingerprint density at radius 2 is 2.08 bits per heavy atom. The highest BCUT2D eigenvalue weighted by Gasteiger charge is 2.51. The summed E-state index contributed by atoms with van der Waals surface area (Å²) in [7, 11) is 0. The number of rotatable bonds is 3. The Morgan fingerprint density at radius 1 is 1.20 bits per heavy atom. The van der Waals surface area contributed by atoms with Crippen LogP contribution in [0.25, 0.3) is 0 Å². The third kappa shape index (κ3) is 2.37. The van der Waals surface area contributed by atoms with Crippen molar-refractivity contribution in [1.29, 1.82) is 0 Å². The molecule has 2 aromatic rings. The van der Waals surface area contributed by atoms with Crippen LogP contribution in [0.4, 0.5) is 6.01 Å². The lowest BCUT2D eigenvalue weighted by atomic mass is 10.0. The number of amides is 1. The van der Waals surface area contributed by atoms with Crippen LogP contribution >= 0.6 is 0 Å². The van der Waals surface area contributed by atoms with E-state index >= 15 is 0 Å². The summed E-state index contributed by atoms with van der Waals surface area (Å²) in [5, 5.41) is 8.38. The van der Waals surface area contributed by atoms with E-state index in [1.54, 1.807) is 11.1 Å². The average molecular weight is 339 g/mol. The zero-order valence-corrected chi connectivity index (χ0v) is 14.3. The molecule has 7 nitrogen and oxygen atoms in total. The van der Waals surface area contributed by atoms with Crippen molar-refractivity contribution in [2.75, 3.05) is 11.4 Å². The van der Waals surface area contributed by atoms with Crippen molar-refractivity contribution in [3.63, 3.8) is 0 Å². The second kappa shape index (κ2) is 5.62. The van der Waals surface area contributed by atoms with Gasteiger partial charge in [-0.05, 0) is 44.2 Å². The molecule has 5 rings (SSSR count). The Balaban J connectivity index is 1.59. The number of aromatic nitrogens is 3. The lowest BCUT2D eigenvalue weighted by molar-refractivity contribution is -0.120. The third-order valence-electron chi connectivity index (χ3n) is 5.48. The minimum absolute atomic E-state index is 0.0563. The molecule has 0 N–H and O–H groups in total. The molecule has 2 aromatic heterocycles. The number of anilines is 1. The van der Waals surface area contributed by atoms with Gasteiger partial charge in [0.05, 0.1) is 11.7 Å². The fourth-order valence-electron chi connectivity index (χ4n) is 4.01. The number of piperidine rings is 1. The van der Waals surface area contributed by atoms with E-state index in [4.69, 9.17) is 4.42 Å². The number of carbonyl (C=O) groups excluding carboxylic acids is 1. The summed E-state index contributed by atoms with van der Waals surface area (Å²) >= 11 is 0. The Bertz CT molecular complexity index is 815. The molecule has 25 heavy (non-hydrogen) atoms. The maximum atomic E-state index is 13.2. The molecule has 4 heterocycles. The maximum absolute atomic E-state index is 13.2. The predicted octanol–water partition coefficient (Wildman–Crippen LogP) is 2.55. The molecule has 1 saturated carbocycles. The number of hydrogen-bond acceptors (Lipinski definition) is 6. The highest BCUT2D eigenvalue weighted by atomic mass is 16.4. The van der Waals surface area contributed by atoms with Gasteiger partial charge in [-0.3, -0.25) is 14.7 Å². The van der Waals surface area contributed by atoms with E-state index in [1.165, 1.54) is 0 Å². The fourth-order valence-corrected chi connectivity index (χ4v) is 4.01. The SMILES string of the molecule is Cc1cccnc1C1N(c2nnc(C3CC3)o2)C(=O)[C@H]2CCCCN12. The van der Waals surface area contributed by atoms with Gasteiger partial charge in [0.2, 0.25) is 11.8 Å². The number of hydrogen-bond donors (Lipinski definition) is 0. The van der Waals surface area contributed by atoms with Gasteiger partial charge in [0.15, 0.2) is 0 Å². The van der Waals surface area contributed by atoms with Crippen LogP contribution in [0, 0.1) is 6.92 Å². The maximum Gasteiger partial charge on any atom is 0.326 e. The van der Waals surface area contributed by atoms with Crippen LogP contribution in [-0.2, 0) is 4.79 Å². The monoisotopic (exact) mass is 339 g/mol. The van der Waals surface area contributed by atoms with E-state index in [9.17, 15) is 4.79 Å². The minimum atomic E-state index is -0.258. The Hall–Kier alpha value is -2.28. The summed E-state index contributed by atoms with van der Waals surface area (Å²) in [6, 6.07) is 4.16. The van der Waals surface area contributed by atoms with Crippen molar-refractivity contribution in [3.8, 4) is 0 Å². The molecule has 1 aliphatic carbocycles. The van der Waals surface area contributed by atoms with Crippen LogP contribution in [0.1, 0.15) is 61.3 Å². The molecule has 1 unspecified atom stereocenters. The summed E-state index contributed by atoms with van der Waals surface area (Å²) in [5.41, 5.74) is 1.96. The van der Waals surface area contributed by atoms with Gasteiger partial charge in [-0.25, -0.2) is 4.90 Å². The molecule has 7 heteroatoms. The highest BCUT2D eigenvalue weighted by Crippen LogP contribution is 2.44. The smallest absolute Gasteiger partial charge is 0.326 e. The topological polar surface area (TPSA) is 75.4 Å². The molecular weight excluding hydrogens is 318 g/mol. The minimum Gasteiger partial charge on any atom is -0.407 e. The molecule has 0 spiro atoms. The van der Waals surface area contributed by atoms with E-state index in [0.29, 0.717) is 17.8 Å². The zero-order valence-electron chi connectivity index (χ0n) is 14.3. The first kappa shape index (κ1) is 15.0. The molecule has 1 amide bonds. The van der Waals surface area contributed by atoms with Gasteiger partial charge in [-0.15, -0.1) is 5.10 Å². The highest BCUT2D eigenvalue weighted by molar-refractivity contribution is 5.98. The molecule has 3 fully saturated rings. The molecule has 2 aliphatic heterocycles. The molecule has 3 aliphatic rings. The summed E-state index contributed by atoms with van der Waals surface area (Å²) < 4.78 is 5.89. The van der Waals surface area contributed by atoms with Gasteiger partial charge in [0.1, 0.15) is 6.17 Å². The van der Waals surface area contributed by atoms with E-state index < -0.39 is 0 Å². The van der Waals surface area contributed by atoms with Gasteiger partial charge in [-0.1, -0.05) is 17.6 Å². The van der Waals surface area contributed by atoms with Gasteiger partial charge in [-0.2, -0.15) is 0 Å². The summed E-state index contributed by atoms with van der Waals surface area (Å²) in [4.78, 5) is 21.7. The molecule has 0 bridgehead atoms. The number of nitrogens with zero attached hydrogens (tertiary/aromatic N) is 5. The van der Waals surface area contributed by atoms with Crippen molar-refractivity contribution in [3.05, 3.63) is 35.5 Å². The first-order valence-electron chi connectivity index (χ1n) is 9.08. The summed E-state index contributed by atoms with van der Waals surface area (Å²) in [5.74, 6) is 1.08. The molecule has 2 atom stereocenters. The average Bonchev–Trinajstić information content (AvgIpc) is 3.30. The lowest BCUT2D eigenvalue weighted by Crippen LogP contribution is -2.38. The van der Waals surface area contributed by atoms with Gasteiger partial charge in [0.25, 0.3) is 0 Å². The first-order chi connectivity index (χ1) is 12.2. The van der Waals surface area contributed by atoms with Gasteiger partial charge in [0, 0.05) is 18.7 Å². The van der Waals surface area contributed by atoms with Crippen LogP contribution in [-0.4, -0.2) is 38.6 Å². The summed E-state index contributed by atoms with van der Waals surface area (Å²) in [6.07, 6.45) is 6.75. The molecule has 130 valence electrons. The lowest BCUT2D eigenvalue weighted by Gasteiger charge is -2.32. The van der Waals surface area contributed by atoms with Crippen LogP contribution in [0.3, 0.4) is 0 Å². The molecule has 0 radical (unpaired) electrons. The van der Waals surface area contributed by atoms with Crippen LogP contribution in [0.5, 0.6) is 0 Å². The van der Waals surface area contributed by atoms with E-state index in [0.717, 1.165) is 49.9 Å². The van der Waals surface area contributed by atoms with Gasteiger partial charge < -0.3 is 4.42 Å². The third-order valence-corrected chi connectivity index (χ3v) is 5.48. The van der Waals surface area contributed by atoms with E-state index in [1.807, 2.05) is 19.1 Å². The number of fused-ring (bicyclic) bond motifs is 1. The largest absolute Gasteiger partial charge is 0.407 e. The summed E-state index contributed by atoms with van der Waals surface area (Å²) in [6.45, 7) is 2.92. The Kier molecular flexibility index (Phi) is 3.38. The van der Waals surface area contributed by atoms with Crippen molar-refractivity contribution in [2.45, 2.75) is 57.2 Å². The fraction of sp³-hybridized carbons (Fsp3) is 0.556. The van der Waals surface area contributed by atoms with Crippen molar-refractivity contribution in [1.82, 2.24) is 20.1 Å². The quantitative estimate of drug-likeness (QED) is 0.855. The zero-order chi connectivity index (χ0) is 17.0. The number of pyridine rings is 1.